The number of nitrogens with one attached hydrogen (secondary N) is 3. The smallest absolute Gasteiger partial charge is 0.258 e. The van der Waals surface area contributed by atoms with E-state index in [1.54, 1.807) is 18.2 Å². The highest BCUT2D eigenvalue weighted by Gasteiger charge is 2.36. The van der Waals surface area contributed by atoms with E-state index in [0.29, 0.717) is 41.1 Å². The number of hydrogen-bond acceptors (Lipinski definition) is 5. The number of carbonyl (C=O) groups is 1. The minimum Gasteiger partial charge on any atom is -0.354 e. The van der Waals surface area contributed by atoms with Gasteiger partial charge in [0.2, 0.25) is 10.0 Å². The summed E-state index contributed by atoms with van der Waals surface area (Å²) < 4.78 is 27.7. The van der Waals surface area contributed by atoms with Gasteiger partial charge in [-0.25, -0.2) is 8.42 Å². The van der Waals surface area contributed by atoms with E-state index in [1.165, 1.54) is 5.56 Å². The van der Waals surface area contributed by atoms with Crippen LogP contribution >= 0.6 is 0 Å². The molecule has 3 aromatic carbocycles. The molecule has 0 saturated heterocycles. The minimum atomic E-state index is -3.41. The minimum absolute atomic E-state index is 0.235. The summed E-state index contributed by atoms with van der Waals surface area (Å²) in [6.07, 6.45) is 2.32. The van der Waals surface area contributed by atoms with Crippen molar-refractivity contribution in [3.63, 3.8) is 0 Å². The molecule has 2 aliphatic rings. The molecule has 3 N–H and O–H groups in total. The summed E-state index contributed by atoms with van der Waals surface area (Å²) in [4.78, 5) is 15.4. The van der Waals surface area contributed by atoms with Crippen molar-refractivity contribution in [2.45, 2.75) is 24.5 Å². The Morgan fingerprint density at radius 1 is 0.972 bits per heavy atom. The fourth-order valence-corrected chi connectivity index (χ4v) is 5.62. The molecule has 0 radical (unpaired) electrons. The third kappa shape index (κ3) is 5.29. The van der Waals surface area contributed by atoms with Crippen molar-refractivity contribution in [2.75, 3.05) is 36.0 Å². The largest absolute Gasteiger partial charge is 0.354 e. The van der Waals surface area contributed by atoms with Gasteiger partial charge in [0.25, 0.3) is 5.91 Å². The molecule has 0 spiro atoms. The lowest BCUT2D eigenvalue weighted by Crippen LogP contribution is -2.17. The lowest BCUT2D eigenvalue weighted by Gasteiger charge is -2.16. The predicted octanol–water partition coefficient (Wildman–Crippen LogP) is 4.63. The summed E-state index contributed by atoms with van der Waals surface area (Å²) >= 11 is 0. The standard InChI is InChI=1S/C28H30N4O3S/c1-32(2)17-16-19-8-10-21(11-9-19)29-27(20-6-4-3-5-7-20)26-24-18-22(12-15-25(24)30-28(26)33)31-36(34,35)23-13-14-23/h3-12,15,18,23,29,31H,13-14,16-17H2,1-2H3,(H,30,33). The van der Waals surface area contributed by atoms with Gasteiger partial charge in [-0.3, -0.25) is 9.52 Å². The molecule has 7 nitrogen and oxygen atoms in total. The van der Waals surface area contributed by atoms with E-state index in [-0.39, 0.29) is 11.2 Å². The van der Waals surface area contributed by atoms with Crippen molar-refractivity contribution >= 4 is 44.3 Å². The Bertz CT molecular complexity index is 1410. The van der Waals surface area contributed by atoms with Gasteiger partial charge >= 0.3 is 0 Å². The first-order valence-electron chi connectivity index (χ1n) is 12.1. The van der Waals surface area contributed by atoms with Gasteiger partial charge in [0.05, 0.1) is 16.5 Å². The van der Waals surface area contributed by atoms with Gasteiger partial charge in [-0.05, 0) is 74.8 Å². The summed E-state index contributed by atoms with van der Waals surface area (Å²) in [7, 11) is 0.699. The Kier molecular flexibility index (Phi) is 6.55. The number of anilines is 3. The van der Waals surface area contributed by atoms with Crippen molar-refractivity contribution < 1.29 is 13.2 Å². The lowest BCUT2D eigenvalue weighted by molar-refractivity contribution is -0.110. The summed E-state index contributed by atoms with van der Waals surface area (Å²) in [6.45, 7) is 0.968. The molecular weight excluding hydrogens is 472 g/mol. The highest BCUT2D eigenvalue weighted by atomic mass is 32.2. The van der Waals surface area contributed by atoms with Crippen LogP contribution in [-0.4, -0.2) is 45.1 Å². The van der Waals surface area contributed by atoms with Gasteiger partial charge in [-0.1, -0.05) is 42.5 Å². The molecule has 1 heterocycles. The molecule has 36 heavy (non-hydrogen) atoms. The molecule has 3 aromatic rings. The van der Waals surface area contributed by atoms with Gasteiger partial charge in [-0.15, -0.1) is 0 Å². The van der Waals surface area contributed by atoms with Crippen LogP contribution in [0.5, 0.6) is 0 Å². The summed E-state index contributed by atoms with van der Waals surface area (Å²) in [6, 6.07) is 23.1. The maximum absolute atomic E-state index is 13.2. The zero-order chi connectivity index (χ0) is 25.3. The second kappa shape index (κ2) is 9.79. The highest BCUT2D eigenvalue weighted by molar-refractivity contribution is 7.93. The topological polar surface area (TPSA) is 90.5 Å². The van der Waals surface area contributed by atoms with Crippen LogP contribution in [0.2, 0.25) is 0 Å². The summed E-state index contributed by atoms with van der Waals surface area (Å²) in [5.41, 5.74) is 5.85. The van der Waals surface area contributed by atoms with E-state index in [4.69, 9.17) is 0 Å². The van der Waals surface area contributed by atoms with Crippen molar-refractivity contribution in [1.82, 2.24) is 4.90 Å². The average molecular weight is 503 g/mol. The first-order chi connectivity index (χ1) is 17.3. The summed E-state index contributed by atoms with van der Waals surface area (Å²) in [5.74, 6) is -0.235. The average Bonchev–Trinajstić information content (AvgIpc) is 3.67. The molecule has 1 saturated carbocycles. The van der Waals surface area contributed by atoms with E-state index in [0.717, 1.165) is 24.2 Å². The monoisotopic (exact) mass is 502 g/mol. The fourth-order valence-electron chi connectivity index (χ4n) is 4.24. The van der Waals surface area contributed by atoms with E-state index in [2.05, 4.69) is 46.5 Å². The van der Waals surface area contributed by atoms with Crippen molar-refractivity contribution in [2.24, 2.45) is 0 Å². The van der Waals surface area contributed by atoms with E-state index < -0.39 is 10.0 Å². The zero-order valence-electron chi connectivity index (χ0n) is 20.4. The van der Waals surface area contributed by atoms with Gasteiger partial charge in [0.1, 0.15) is 0 Å². The number of fused-ring (bicyclic) bond motifs is 1. The highest BCUT2D eigenvalue weighted by Crippen LogP contribution is 2.39. The zero-order valence-corrected chi connectivity index (χ0v) is 21.2. The normalized spacial score (nSPS) is 16.5. The Hall–Kier alpha value is -3.62. The van der Waals surface area contributed by atoms with Crippen molar-refractivity contribution in [3.8, 4) is 0 Å². The molecule has 1 aliphatic carbocycles. The van der Waals surface area contributed by atoms with Crippen LogP contribution in [0.1, 0.15) is 29.5 Å². The Balaban J connectivity index is 1.52. The molecule has 186 valence electrons. The molecular formula is C28H30N4O3S. The SMILES string of the molecule is CN(C)CCc1ccc(NC(=C2C(=O)Nc3ccc(NS(=O)(=O)C4CC4)cc32)c2ccccc2)cc1. The Morgan fingerprint density at radius 2 is 1.67 bits per heavy atom. The molecule has 0 atom stereocenters. The first-order valence-corrected chi connectivity index (χ1v) is 13.6. The number of amides is 1. The second-order valence-corrected chi connectivity index (χ2v) is 11.5. The Labute approximate surface area is 212 Å². The van der Waals surface area contributed by atoms with E-state index in [1.807, 2.05) is 42.5 Å². The number of likely N-dealkylation sites (N-methyl/N-ethyl adjacent to an activating group) is 1. The van der Waals surface area contributed by atoms with Gasteiger partial charge in [-0.2, -0.15) is 0 Å². The molecule has 1 amide bonds. The number of hydrogen-bond donors (Lipinski definition) is 3. The molecule has 0 bridgehead atoms. The van der Waals surface area contributed by atoms with Crippen LogP contribution in [0.4, 0.5) is 17.1 Å². The second-order valence-electron chi connectivity index (χ2n) is 9.55. The summed E-state index contributed by atoms with van der Waals surface area (Å²) in [5, 5.41) is 6.06. The van der Waals surface area contributed by atoms with Crippen LogP contribution in [0, 0.1) is 0 Å². The number of carbonyl (C=O) groups excluding carboxylic acids is 1. The molecule has 1 fully saturated rings. The quantitative estimate of drug-likeness (QED) is 0.371. The lowest BCUT2D eigenvalue weighted by atomic mass is 9.99. The molecule has 0 aromatic heterocycles. The number of sulfonamides is 1. The number of rotatable bonds is 9. The third-order valence-electron chi connectivity index (χ3n) is 6.37. The molecule has 5 rings (SSSR count). The Morgan fingerprint density at radius 3 is 2.33 bits per heavy atom. The van der Waals surface area contributed by atoms with Gasteiger partial charge in [0, 0.05) is 29.2 Å². The molecule has 8 heteroatoms. The van der Waals surface area contributed by atoms with Gasteiger partial charge in [0.15, 0.2) is 0 Å². The maximum Gasteiger partial charge on any atom is 0.258 e. The van der Waals surface area contributed by atoms with Crippen molar-refractivity contribution in [1.29, 1.82) is 0 Å². The van der Waals surface area contributed by atoms with E-state index >= 15 is 0 Å². The van der Waals surface area contributed by atoms with Crippen LogP contribution in [-0.2, 0) is 21.2 Å². The maximum atomic E-state index is 13.2. The molecule has 1 aliphatic heterocycles. The van der Waals surface area contributed by atoms with Crippen molar-refractivity contribution in [3.05, 3.63) is 89.5 Å². The number of nitrogens with zero attached hydrogens (tertiary/aromatic N) is 1. The fraction of sp³-hybridized carbons (Fsp3) is 0.250. The first kappa shape index (κ1) is 24.1. The van der Waals surface area contributed by atoms with Crippen LogP contribution in [0.3, 0.4) is 0 Å². The third-order valence-corrected chi connectivity index (χ3v) is 8.24. The predicted molar refractivity (Wildman–Crippen MR) is 146 cm³/mol. The van der Waals surface area contributed by atoms with Crippen LogP contribution in [0.15, 0.2) is 72.8 Å². The molecule has 0 unspecified atom stereocenters. The van der Waals surface area contributed by atoms with Crippen LogP contribution in [0.25, 0.3) is 11.3 Å². The number of benzene rings is 3. The van der Waals surface area contributed by atoms with Gasteiger partial charge < -0.3 is 15.5 Å². The van der Waals surface area contributed by atoms with E-state index in [9.17, 15) is 13.2 Å². The van der Waals surface area contributed by atoms with Crippen LogP contribution < -0.4 is 15.4 Å².